The Kier molecular flexibility index (Phi) is 4.04. The summed E-state index contributed by atoms with van der Waals surface area (Å²) in [5, 5.41) is 0. The molecule has 0 saturated carbocycles. The molecule has 2 nitrogen and oxygen atoms in total. The van der Waals surface area contributed by atoms with E-state index in [0.717, 1.165) is 13.0 Å². The van der Waals surface area contributed by atoms with Crippen LogP contribution in [0.25, 0.3) is 0 Å². The lowest BCUT2D eigenvalue weighted by Gasteiger charge is -2.37. The molecule has 0 heterocycles. The fraction of sp³-hybridized carbons (Fsp3) is 1.00. The molecule has 1 unspecified atom stereocenters. The van der Waals surface area contributed by atoms with Gasteiger partial charge in [-0.3, -0.25) is 4.90 Å². The maximum absolute atomic E-state index is 5.64. The summed E-state index contributed by atoms with van der Waals surface area (Å²) >= 11 is 0. The first-order valence-electron chi connectivity index (χ1n) is 4.36. The highest BCUT2D eigenvalue weighted by molar-refractivity contribution is 4.79. The van der Waals surface area contributed by atoms with Crippen molar-refractivity contribution in [2.24, 2.45) is 5.73 Å². The third-order valence-electron chi connectivity index (χ3n) is 2.35. The van der Waals surface area contributed by atoms with Crippen LogP contribution in [0, 0.1) is 0 Å². The van der Waals surface area contributed by atoms with Crippen LogP contribution in [0.2, 0.25) is 0 Å². The van der Waals surface area contributed by atoms with Crippen molar-refractivity contribution in [2.75, 3.05) is 13.6 Å². The van der Waals surface area contributed by atoms with Crippen molar-refractivity contribution >= 4 is 0 Å². The molecule has 2 N–H and O–H groups in total. The molecule has 11 heavy (non-hydrogen) atoms. The zero-order chi connectivity index (χ0) is 9.07. The maximum Gasteiger partial charge on any atom is 0.0217 e. The van der Waals surface area contributed by atoms with Crippen LogP contribution < -0.4 is 5.73 Å². The maximum atomic E-state index is 5.64. The van der Waals surface area contributed by atoms with E-state index in [1.807, 2.05) is 0 Å². The average molecular weight is 158 g/mol. The molecular weight excluding hydrogens is 136 g/mol. The van der Waals surface area contributed by atoms with Gasteiger partial charge in [0.1, 0.15) is 0 Å². The zero-order valence-corrected chi connectivity index (χ0v) is 8.52. The van der Waals surface area contributed by atoms with Gasteiger partial charge in [-0.25, -0.2) is 0 Å². The molecule has 0 rings (SSSR count). The van der Waals surface area contributed by atoms with Crippen molar-refractivity contribution in [2.45, 2.75) is 45.7 Å². The molecule has 0 saturated heterocycles. The number of likely N-dealkylation sites (N-methyl/N-ethyl adjacent to an activating group) is 1. The topological polar surface area (TPSA) is 29.3 Å². The van der Waals surface area contributed by atoms with Gasteiger partial charge in [-0.15, -0.1) is 0 Å². The summed E-state index contributed by atoms with van der Waals surface area (Å²) in [5.74, 6) is 0. The first-order valence-corrected chi connectivity index (χ1v) is 4.36. The Balaban J connectivity index is 4.09. The lowest BCUT2D eigenvalue weighted by molar-refractivity contribution is 0.117. The average Bonchev–Trinajstić information content (AvgIpc) is 1.88. The number of nitrogens with two attached hydrogens (primary N) is 1. The van der Waals surface area contributed by atoms with Crippen molar-refractivity contribution < 1.29 is 0 Å². The highest BCUT2D eigenvalue weighted by Gasteiger charge is 2.22. The standard InChI is InChI=1S/C9H22N2/c1-6-8(7-10)11(5)9(2,3)4/h8H,6-7,10H2,1-5H3. The summed E-state index contributed by atoms with van der Waals surface area (Å²) in [5.41, 5.74) is 5.88. The molecule has 68 valence electrons. The monoisotopic (exact) mass is 158 g/mol. The van der Waals surface area contributed by atoms with Gasteiger partial charge in [0.2, 0.25) is 0 Å². The second kappa shape index (κ2) is 4.07. The van der Waals surface area contributed by atoms with Gasteiger partial charge in [0, 0.05) is 18.1 Å². The van der Waals surface area contributed by atoms with Crippen molar-refractivity contribution in [1.29, 1.82) is 0 Å². The second-order valence-electron chi connectivity index (χ2n) is 4.08. The Morgan fingerprint density at radius 2 is 1.82 bits per heavy atom. The Morgan fingerprint density at radius 3 is 1.91 bits per heavy atom. The Bertz CT molecular complexity index is 101. The van der Waals surface area contributed by atoms with E-state index < -0.39 is 0 Å². The third-order valence-corrected chi connectivity index (χ3v) is 2.35. The van der Waals surface area contributed by atoms with E-state index in [0.29, 0.717) is 6.04 Å². The van der Waals surface area contributed by atoms with Gasteiger partial charge in [-0.2, -0.15) is 0 Å². The molecular formula is C9H22N2. The number of hydrogen-bond donors (Lipinski definition) is 1. The summed E-state index contributed by atoms with van der Waals surface area (Å²) in [6.45, 7) is 9.58. The van der Waals surface area contributed by atoms with E-state index in [1.54, 1.807) is 0 Å². The molecule has 0 aromatic carbocycles. The Labute approximate surface area is 70.8 Å². The highest BCUT2D eigenvalue weighted by Crippen LogP contribution is 2.15. The first kappa shape index (κ1) is 10.9. The van der Waals surface area contributed by atoms with Crippen LogP contribution in [0.3, 0.4) is 0 Å². The largest absolute Gasteiger partial charge is 0.329 e. The first-order chi connectivity index (χ1) is 4.93. The van der Waals surface area contributed by atoms with Crippen LogP contribution in [0.15, 0.2) is 0 Å². The molecule has 0 aromatic rings. The van der Waals surface area contributed by atoms with Crippen molar-refractivity contribution in [1.82, 2.24) is 4.90 Å². The smallest absolute Gasteiger partial charge is 0.0217 e. The van der Waals surface area contributed by atoms with E-state index in [1.165, 1.54) is 0 Å². The molecule has 2 heteroatoms. The van der Waals surface area contributed by atoms with E-state index in [4.69, 9.17) is 5.73 Å². The van der Waals surface area contributed by atoms with Crippen LogP contribution in [0.4, 0.5) is 0 Å². The van der Waals surface area contributed by atoms with Gasteiger partial charge in [-0.1, -0.05) is 6.92 Å². The predicted molar refractivity (Wildman–Crippen MR) is 50.6 cm³/mol. The summed E-state index contributed by atoms with van der Waals surface area (Å²) in [7, 11) is 2.14. The molecule has 0 aliphatic rings. The number of hydrogen-bond acceptors (Lipinski definition) is 2. The molecule has 0 aliphatic heterocycles. The van der Waals surface area contributed by atoms with Gasteiger partial charge >= 0.3 is 0 Å². The molecule has 1 atom stereocenters. The number of rotatable bonds is 3. The van der Waals surface area contributed by atoms with Crippen LogP contribution >= 0.6 is 0 Å². The fourth-order valence-electron chi connectivity index (χ4n) is 1.15. The SMILES string of the molecule is CCC(CN)N(C)C(C)(C)C. The van der Waals surface area contributed by atoms with Crippen molar-refractivity contribution in [3.05, 3.63) is 0 Å². The molecule has 0 fully saturated rings. The van der Waals surface area contributed by atoms with Gasteiger partial charge < -0.3 is 5.73 Å². The fourth-order valence-corrected chi connectivity index (χ4v) is 1.15. The highest BCUT2D eigenvalue weighted by atomic mass is 15.2. The van der Waals surface area contributed by atoms with Gasteiger partial charge in [0.15, 0.2) is 0 Å². The number of nitrogens with zero attached hydrogens (tertiary/aromatic N) is 1. The second-order valence-corrected chi connectivity index (χ2v) is 4.08. The molecule has 0 radical (unpaired) electrons. The van der Waals surface area contributed by atoms with Gasteiger partial charge in [0.05, 0.1) is 0 Å². The van der Waals surface area contributed by atoms with E-state index >= 15 is 0 Å². The third kappa shape index (κ3) is 3.21. The molecule has 0 amide bonds. The van der Waals surface area contributed by atoms with Crippen molar-refractivity contribution in [3.63, 3.8) is 0 Å². The van der Waals surface area contributed by atoms with E-state index in [-0.39, 0.29) is 5.54 Å². The molecule has 0 bridgehead atoms. The van der Waals surface area contributed by atoms with Crippen LogP contribution in [-0.4, -0.2) is 30.1 Å². The van der Waals surface area contributed by atoms with Gasteiger partial charge in [0.25, 0.3) is 0 Å². The van der Waals surface area contributed by atoms with Crippen LogP contribution in [0.5, 0.6) is 0 Å². The van der Waals surface area contributed by atoms with Crippen LogP contribution in [-0.2, 0) is 0 Å². The van der Waals surface area contributed by atoms with E-state index in [2.05, 4.69) is 39.6 Å². The summed E-state index contributed by atoms with van der Waals surface area (Å²) in [6, 6.07) is 0.523. The van der Waals surface area contributed by atoms with Crippen molar-refractivity contribution in [3.8, 4) is 0 Å². The summed E-state index contributed by atoms with van der Waals surface area (Å²) in [6.07, 6.45) is 1.13. The minimum atomic E-state index is 0.236. The molecule has 0 spiro atoms. The molecule has 0 aromatic heterocycles. The quantitative estimate of drug-likeness (QED) is 0.673. The Hall–Kier alpha value is -0.0800. The lowest BCUT2D eigenvalue weighted by Crippen LogP contribution is -2.48. The summed E-state index contributed by atoms with van der Waals surface area (Å²) in [4.78, 5) is 2.34. The Morgan fingerprint density at radius 1 is 1.36 bits per heavy atom. The van der Waals surface area contributed by atoms with Crippen LogP contribution in [0.1, 0.15) is 34.1 Å². The minimum absolute atomic E-state index is 0.236. The zero-order valence-electron chi connectivity index (χ0n) is 8.52. The predicted octanol–water partition coefficient (Wildman–Crippen LogP) is 1.45. The molecule has 0 aliphatic carbocycles. The van der Waals surface area contributed by atoms with E-state index in [9.17, 15) is 0 Å². The van der Waals surface area contributed by atoms with Gasteiger partial charge in [-0.05, 0) is 34.2 Å². The summed E-state index contributed by atoms with van der Waals surface area (Å²) < 4.78 is 0. The normalized spacial score (nSPS) is 15.5. The lowest BCUT2D eigenvalue weighted by atomic mass is 10.0. The minimum Gasteiger partial charge on any atom is -0.329 e.